The summed E-state index contributed by atoms with van der Waals surface area (Å²) in [6, 6.07) is 0.456. The fraction of sp³-hybridized carbons (Fsp3) is 0.667. The molecule has 1 heterocycles. The van der Waals surface area contributed by atoms with Crippen molar-refractivity contribution in [2.24, 2.45) is 0 Å². The zero-order valence-electron chi connectivity index (χ0n) is 8.12. The van der Waals surface area contributed by atoms with Gasteiger partial charge in [0.05, 0.1) is 6.04 Å². The van der Waals surface area contributed by atoms with Crippen LogP contribution in [0.1, 0.15) is 24.4 Å². The highest BCUT2D eigenvalue weighted by Gasteiger charge is 2.11. The number of nitrogens with zero attached hydrogens (tertiary/aromatic N) is 1. The highest BCUT2D eigenvalue weighted by atomic mass is 32.2. The average Bonchev–Trinajstić information content (AvgIpc) is 2.65. The molecule has 0 radical (unpaired) electrons. The molecule has 13 heavy (non-hydrogen) atoms. The van der Waals surface area contributed by atoms with Crippen molar-refractivity contribution in [2.45, 2.75) is 19.4 Å². The van der Waals surface area contributed by atoms with Gasteiger partial charge in [0.1, 0.15) is 5.01 Å². The molecule has 0 fully saturated rings. The molecular weight excluding hydrogens is 200 g/mol. The number of nitrogens with one attached hydrogen (secondary N) is 1. The average molecular weight is 216 g/mol. The molecule has 1 rings (SSSR count). The minimum atomic E-state index is 0.456. The van der Waals surface area contributed by atoms with E-state index in [9.17, 15) is 0 Å². The predicted molar refractivity (Wildman–Crippen MR) is 61.5 cm³/mol. The van der Waals surface area contributed by atoms with Crippen molar-refractivity contribution < 1.29 is 0 Å². The maximum Gasteiger partial charge on any atom is 0.110 e. The topological polar surface area (TPSA) is 24.9 Å². The summed E-state index contributed by atoms with van der Waals surface area (Å²) >= 11 is 3.63. The molecule has 0 aliphatic carbocycles. The van der Waals surface area contributed by atoms with Gasteiger partial charge in [-0.2, -0.15) is 11.8 Å². The minimum Gasteiger partial charge on any atom is -0.308 e. The van der Waals surface area contributed by atoms with E-state index in [2.05, 4.69) is 23.5 Å². The van der Waals surface area contributed by atoms with Gasteiger partial charge in [0.2, 0.25) is 0 Å². The van der Waals surface area contributed by atoms with E-state index < -0.39 is 0 Å². The molecule has 0 saturated carbocycles. The van der Waals surface area contributed by atoms with E-state index in [0.717, 1.165) is 6.54 Å². The van der Waals surface area contributed by atoms with Gasteiger partial charge in [-0.15, -0.1) is 11.3 Å². The van der Waals surface area contributed by atoms with Gasteiger partial charge in [-0.25, -0.2) is 4.98 Å². The smallest absolute Gasteiger partial charge is 0.110 e. The molecule has 1 aromatic heterocycles. The Morgan fingerprint density at radius 3 is 3.08 bits per heavy atom. The third-order valence-corrected chi connectivity index (χ3v) is 3.34. The standard InChI is InChI=1S/C9H16N2S2/c1-3-10-8(4-6-12-2)9-11-5-7-13-9/h5,7-8,10H,3-4,6H2,1-2H3. The third kappa shape index (κ3) is 3.67. The quantitative estimate of drug-likeness (QED) is 0.791. The van der Waals surface area contributed by atoms with Gasteiger partial charge in [-0.1, -0.05) is 6.92 Å². The van der Waals surface area contributed by atoms with Crippen LogP contribution in [0.15, 0.2) is 11.6 Å². The van der Waals surface area contributed by atoms with Crippen LogP contribution in [0.2, 0.25) is 0 Å². The fourth-order valence-electron chi connectivity index (χ4n) is 1.20. The molecule has 74 valence electrons. The second-order valence-corrected chi connectivity index (χ2v) is 4.67. The molecule has 1 aromatic rings. The number of thiazole rings is 1. The zero-order valence-corrected chi connectivity index (χ0v) is 9.75. The van der Waals surface area contributed by atoms with Crippen LogP contribution < -0.4 is 5.32 Å². The SMILES string of the molecule is CCNC(CCSC)c1nccs1. The molecule has 4 heteroatoms. The van der Waals surface area contributed by atoms with Gasteiger partial charge >= 0.3 is 0 Å². The van der Waals surface area contributed by atoms with Crippen molar-refractivity contribution in [1.29, 1.82) is 0 Å². The predicted octanol–water partition coefficient (Wildman–Crippen LogP) is 2.55. The van der Waals surface area contributed by atoms with Crippen molar-refractivity contribution >= 4 is 23.1 Å². The van der Waals surface area contributed by atoms with Gasteiger partial charge in [0.25, 0.3) is 0 Å². The second kappa shape index (κ2) is 6.40. The van der Waals surface area contributed by atoms with E-state index >= 15 is 0 Å². The van der Waals surface area contributed by atoms with Gasteiger partial charge < -0.3 is 5.32 Å². The van der Waals surface area contributed by atoms with Crippen LogP contribution >= 0.6 is 23.1 Å². The summed E-state index contributed by atoms with van der Waals surface area (Å²) in [6.07, 6.45) is 5.19. The molecule has 1 atom stereocenters. The number of hydrogen-bond donors (Lipinski definition) is 1. The molecule has 0 aromatic carbocycles. The van der Waals surface area contributed by atoms with E-state index in [1.165, 1.54) is 17.2 Å². The van der Waals surface area contributed by atoms with Gasteiger partial charge in [-0.3, -0.25) is 0 Å². The lowest BCUT2D eigenvalue weighted by molar-refractivity contribution is 0.538. The van der Waals surface area contributed by atoms with E-state index in [1.807, 2.05) is 23.3 Å². The van der Waals surface area contributed by atoms with Crippen molar-refractivity contribution in [3.05, 3.63) is 16.6 Å². The van der Waals surface area contributed by atoms with Crippen molar-refractivity contribution in [3.63, 3.8) is 0 Å². The number of aromatic nitrogens is 1. The maximum atomic E-state index is 4.33. The van der Waals surface area contributed by atoms with Crippen LogP contribution in [0.3, 0.4) is 0 Å². The summed E-state index contributed by atoms with van der Waals surface area (Å²) < 4.78 is 0. The molecule has 0 saturated heterocycles. The lowest BCUT2D eigenvalue weighted by Crippen LogP contribution is -2.21. The molecule has 0 bridgehead atoms. The van der Waals surface area contributed by atoms with Gasteiger partial charge in [0.15, 0.2) is 0 Å². The molecule has 0 spiro atoms. The van der Waals surface area contributed by atoms with Crippen molar-refractivity contribution in [1.82, 2.24) is 10.3 Å². The first-order valence-electron chi connectivity index (χ1n) is 4.50. The summed E-state index contributed by atoms with van der Waals surface area (Å²) in [7, 11) is 0. The Bertz CT molecular complexity index is 211. The lowest BCUT2D eigenvalue weighted by atomic mass is 10.2. The second-order valence-electron chi connectivity index (χ2n) is 2.76. The summed E-state index contributed by atoms with van der Waals surface area (Å²) in [4.78, 5) is 4.33. The Balaban J connectivity index is 2.47. The molecule has 2 nitrogen and oxygen atoms in total. The molecular formula is C9H16N2S2. The largest absolute Gasteiger partial charge is 0.308 e. The highest BCUT2D eigenvalue weighted by molar-refractivity contribution is 7.98. The Morgan fingerprint density at radius 1 is 1.69 bits per heavy atom. The molecule has 1 unspecified atom stereocenters. The summed E-state index contributed by atoms with van der Waals surface area (Å²) in [5.74, 6) is 1.19. The first-order chi connectivity index (χ1) is 6.38. The molecule has 0 aliphatic rings. The molecule has 0 amide bonds. The van der Waals surface area contributed by atoms with Crippen LogP contribution in [0.25, 0.3) is 0 Å². The summed E-state index contributed by atoms with van der Waals surface area (Å²) in [5.41, 5.74) is 0. The number of hydrogen-bond acceptors (Lipinski definition) is 4. The minimum absolute atomic E-state index is 0.456. The molecule has 1 N–H and O–H groups in total. The summed E-state index contributed by atoms with van der Waals surface area (Å²) in [6.45, 7) is 3.15. The monoisotopic (exact) mass is 216 g/mol. The highest BCUT2D eigenvalue weighted by Crippen LogP contribution is 2.20. The van der Waals surface area contributed by atoms with Crippen LogP contribution in [-0.2, 0) is 0 Å². The lowest BCUT2D eigenvalue weighted by Gasteiger charge is -2.14. The summed E-state index contributed by atoms with van der Waals surface area (Å²) in [5, 5.41) is 6.71. The first kappa shape index (κ1) is 11.0. The number of thioether (sulfide) groups is 1. The number of rotatable bonds is 6. The normalized spacial score (nSPS) is 13.1. The van der Waals surface area contributed by atoms with Crippen LogP contribution in [0.4, 0.5) is 0 Å². The van der Waals surface area contributed by atoms with E-state index in [-0.39, 0.29) is 0 Å². The van der Waals surface area contributed by atoms with Gasteiger partial charge in [0, 0.05) is 11.6 Å². The van der Waals surface area contributed by atoms with E-state index in [0.29, 0.717) is 6.04 Å². The zero-order chi connectivity index (χ0) is 9.52. The Kier molecular flexibility index (Phi) is 5.43. The van der Waals surface area contributed by atoms with E-state index in [1.54, 1.807) is 11.3 Å². The van der Waals surface area contributed by atoms with Crippen LogP contribution in [0.5, 0.6) is 0 Å². The Morgan fingerprint density at radius 2 is 2.54 bits per heavy atom. The van der Waals surface area contributed by atoms with Crippen LogP contribution in [-0.4, -0.2) is 23.5 Å². The van der Waals surface area contributed by atoms with Gasteiger partial charge in [-0.05, 0) is 25.0 Å². The third-order valence-electron chi connectivity index (χ3n) is 1.81. The first-order valence-corrected chi connectivity index (χ1v) is 6.77. The van der Waals surface area contributed by atoms with Crippen molar-refractivity contribution in [3.8, 4) is 0 Å². The Labute approximate surface area is 88.2 Å². The molecule has 0 aliphatic heterocycles. The van der Waals surface area contributed by atoms with E-state index in [4.69, 9.17) is 0 Å². The Hall–Kier alpha value is -0.0600. The fourth-order valence-corrected chi connectivity index (χ4v) is 2.42. The maximum absolute atomic E-state index is 4.33. The van der Waals surface area contributed by atoms with Crippen LogP contribution in [0, 0.1) is 0 Å². The van der Waals surface area contributed by atoms with Crippen molar-refractivity contribution in [2.75, 3.05) is 18.6 Å².